The van der Waals surface area contributed by atoms with E-state index < -0.39 is 11.9 Å². The van der Waals surface area contributed by atoms with Crippen molar-refractivity contribution in [2.45, 2.75) is 39.5 Å². The normalized spacial score (nSPS) is 19.6. The SMILES string of the molecule is CCOC(=O)COc1c(Br)cc([C@H]2C(C#N)=C(N)OC3=C2C(=O)CC(C)(C)C3)cc1OC. The van der Waals surface area contributed by atoms with Gasteiger partial charge in [-0.2, -0.15) is 5.26 Å². The number of hydrogen-bond acceptors (Lipinski definition) is 8. The minimum Gasteiger partial charge on any atom is -0.493 e. The van der Waals surface area contributed by atoms with Gasteiger partial charge in [0.15, 0.2) is 23.9 Å². The summed E-state index contributed by atoms with van der Waals surface area (Å²) in [6.07, 6.45) is 0.867. The van der Waals surface area contributed by atoms with Crippen LogP contribution in [0.2, 0.25) is 0 Å². The van der Waals surface area contributed by atoms with E-state index in [1.54, 1.807) is 19.1 Å². The molecule has 170 valence electrons. The number of allylic oxidation sites excluding steroid dienone is 3. The molecule has 0 aromatic heterocycles. The van der Waals surface area contributed by atoms with Gasteiger partial charge in [0.05, 0.1) is 24.1 Å². The minimum absolute atomic E-state index is 0.0144. The maximum atomic E-state index is 13.1. The first-order valence-corrected chi connectivity index (χ1v) is 10.9. The molecule has 0 saturated carbocycles. The first kappa shape index (κ1) is 23.7. The van der Waals surface area contributed by atoms with Crippen LogP contribution in [0.15, 0.2) is 39.4 Å². The number of halogens is 1. The summed E-state index contributed by atoms with van der Waals surface area (Å²) in [6, 6.07) is 5.49. The van der Waals surface area contributed by atoms with Gasteiger partial charge in [0.1, 0.15) is 17.4 Å². The van der Waals surface area contributed by atoms with Crippen LogP contribution < -0.4 is 15.2 Å². The number of carbonyl (C=O) groups excluding carboxylic acids is 2. The number of methoxy groups -OCH3 is 1. The second kappa shape index (κ2) is 9.25. The van der Waals surface area contributed by atoms with Gasteiger partial charge < -0.3 is 24.7 Å². The topological polar surface area (TPSA) is 121 Å². The van der Waals surface area contributed by atoms with Gasteiger partial charge in [-0.1, -0.05) is 13.8 Å². The van der Waals surface area contributed by atoms with E-state index >= 15 is 0 Å². The number of rotatable bonds is 6. The lowest BCUT2D eigenvalue weighted by Crippen LogP contribution is -2.33. The molecule has 0 saturated heterocycles. The Morgan fingerprint density at radius 1 is 1.38 bits per heavy atom. The molecular weight excluding hydrogens is 480 g/mol. The Balaban J connectivity index is 2.08. The van der Waals surface area contributed by atoms with Crippen LogP contribution in [0.4, 0.5) is 0 Å². The third kappa shape index (κ3) is 4.60. The molecule has 1 aliphatic heterocycles. The highest BCUT2D eigenvalue weighted by Crippen LogP contribution is 2.49. The Morgan fingerprint density at radius 2 is 2.09 bits per heavy atom. The predicted octanol–water partition coefficient (Wildman–Crippen LogP) is 3.85. The number of nitrogens with two attached hydrogens (primary N) is 1. The smallest absolute Gasteiger partial charge is 0.344 e. The molecule has 2 N–H and O–H groups in total. The fraction of sp³-hybridized carbons (Fsp3) is 0.435. The van der Waals surface area contributed by atoms with Gasteiger partial charge in [0.2, 0.25) is 5.88 Å². The lowest BCUT2D eigenvalue weighted by atomic mass is 9.70. The zero-order valence-electron chi connectivity index (χ0n) is 18.4. The van der Waals surface area contributed by atoms with Crippen molar-refractivity contribution in [3.05, 3.63) is 45.0 Å². The van der Waals surface area contributed by atoms with Crippen LogP contribution in [0.1, 0.15) is 45.1 Å². The predicted molar refractivity (Wildman–Crippen MR) is 119 cm³/mol. The Morgan fingerprint density at radius 3 is 2.72 bits per heavy atom. The summed E-state index contributed by atoms with van der Waals surface area (Å²) in [7, 11) is 1.46. The van der Waals surface area contributed by atoms with Crippen molar-refractivity contribution in [3.63, 3.8) is 0 Å². The van der Waals surface area contributed by atoms with Crippen molar-refractivity contribution < 1.29 is 28.5 Å². The van der Waals surface area contributed by atoms with Gasteiger partial charge in [-0.15, -0.1) is 0 Å². The van der Waals surface area contributed by atoms with Crippen LogP contribution in [0.25, 0.3) is 0 Å². The largest absolute Gasteiger partial charge is 0.493 e. The molecule has 9 heteroatoms. The Labute approximate surface area is 195 Å². The quantitative estimate of drug-likeness (QED) is 0.579. The highest BCUT2D eigenvalue weighted by molar-refractivity contribution is 9.10. The van der Waals surface area contributed by atoms with Gasteiger partial charge in [0, 0.05) is 18.4 Å². The van der Waals surface area contributed by atoms with E-state index in [0.717, 1.165) is 0 Å². The average Bonchev–Trinajstić information content (AvgIpc) is 2.70. The van der Waals surface area contributed by atoms with E-state index in [1.165, 1.54) is 7.11 Å². The molecule has 1 aromatic carbocycles. The van der Waals surface area contributed by atoms with Crippen LogP contribution in [0.5, 0.6) is 11.5 Å². The fourth-order valence-electron chi connectivity index (χ4n) is 4.00. The van der Waals surface area contributed by atoms with Crippen molar-refractivity contribution in [2.75, 3.05) is 20.3 Å². The zero-order chi connectivity index (χ0) is 23.6. The summed E-state index contributed by atoms with van der Waals surface area (Å²) in [5, 5.41) is 9.80. The molecule has 0 fully saturated rings. The van der Waals surface area contributed by atoms with E-state index in [2.05, 4.69) is 22.0 Å². The summed E-state index contributed by atoms with van der Waals surface area (Å²) >= 11 is 3.45. The van der Waals surface area contributed by atoms with Crippen LogP contribution in [-0.4, -0.2) is 32.1 Å². The molecule has 1 atom stereocenters. The first-order chi connectivity index (χ1) is 15.1. The Bertz CT molecular complexity index is 1070. The standard InChI is InChI=1S/C23H25BrN2O6/c1-5-30-18(28)11-31-21-14(24)6-12(7-16(21)29-4)19-13(10-25)22(26)32-17-9-23(2,3)8-15(27)20(17)19/h6-7,19H,5,8-9,11,26H2,1-4H3/t19-/m0/s1. The molecule has 0 bridgehead atoms. The minimum atomic E-state index is -0.698. The molecule has 1 heterocycles. The second-order valence-corrected chi connectivity index (χ2v) is 9.18. The van der Waals surface area contributed by atoms with Gasteiger partial charge in [-0.05, 0) is 46.0 Å². The van der Waals surface area contributed by atoms with E-state index in [9.17, 15) is 14.9 Å². The lowest BCUT2D eigenvalue weighted by molar-refractivity contribution is -0.145. The highest BCUT2D eigenvalue weighted by atomic mass is 79.9. The number of nitrogens with zero attached hydrogens (tertiary/aromatic N) is 1. The third-order valence-corrected chi connectivity index (χ3v) is 5.89. The number of ketones is 1. The average molecular weight is 505 g/mol. The van der Waals surface area contributed by atoms with E-state index in [4.69, 9.17) is 24.7 Å². The van der Waals surface area contributed by atoms with Crippen LogP contribution in [-0.2, 0) is 19.1 Å². The molecular formula is C23H25BrN2O6. The van der Waals surface area contributed by atoms with Crippen molar-refractivity contribution in [1.29, 1.82) is 5.26 Å². The molecule has 0 amide bonds. The number of Topliss-reactive ketones (excluding diaryl/α,β-unsaturated/α-hetero) is 1. The molecule has 1 aromatic rings. The van der Waals surface area contributed by atoms with Crippen LogP contribution in [0, 0.1) is 16.7 Å². The third-order valence-electron chi connectivity index (χ3n) is 5.30. The maximum absolute atomic E-state index is 13.1. The van der Waals surface area contributed by atoms with Crippen LogP contribution in [0.3, 0.4) is 0 Å². The number of hydrogen-bond donors (Lipinski definition) is 1. The van der Waals surface area contributed by atoms with Crippen molar-refractivity contribution in [3.8, 4) is 17.6 Å². The van der Waals surface area contributed by atoms with E-state index in [0.29, 0.717) is 45.7 Å². The summed E-state index contributed by atoms with van der Waals surface area (Å²) in [6.45, 7) is 5.64. The summed E-state index contributed by atoms with van der Waals surface area (Å²) in [5.41, 5.74) is 7.01. The van der Waals surface area contributed by atoms with Gasteiger partial charge in [-0.3, -0.25) is 4.79 Å². The first-order valence-electron chi connectivity index (χ1n) is 10.1. The molecule has 2 aliphatic rings. The maximum Gasteiger partial charge on any atom is 0.344 e. The summed E-state index contributed by atoms with van der Waals surface area (Å²) in [4.78, 5) is 24.8. The van der Waals surface area contributed by atoms with Crippen molar-refractivity contribution in [1.82, 2.24) is 0 Å². The number of ether oxygens (including phenoxy) is 4. The van der Waals surface area contributed by atoms with E-state index in [1.807, 2.05) is 13.8 Å². The van der Waals surface area contributed by atoms with Gasteiger partial charge >= 0.3 is 5.97 Å². The Hall–Kier alpha value is -2.99. The zero-order valence-corrected chi connectivity index (χ0v) is 20.0. The monoisotopic (exact) mass is 504 g/mol. The fourth-order valence-corrected chi connectivity index (χ4v) is 4.57. The molecule has 3 rings (SSSR count). The number of nitriles is 1. The summed E-state index contributed by atoms with van der Waals surface area (Å²) in [5.74, 6) is -0.188. The molecule has 0 spiro atoms. The van der Waals surface area contributed by atoms with Crippen molar-refractivity contribution >= 4 is 27.7 Å². The lowest BCUT2D eigenvalue weighted by Gasteiger charge is -2.37. The number of carbonyl (C=O) groups is 2. The van der Waals surface area contributed by atoms with Crippen LogP contribution >= 0.6 is 15.9 Å². The molecule has 8 nitrogen and oxygen atoms in total. The Kier molecular flexibility index (Phi) is 6.84. The van der Waals surface area contributed by atoms with Crippen molar-refractivity contribution in [2.24, 2.45) is 11.1 Å². The second-order valence-electron chi connectivity index (χ2n) is 8.33. The molecule has 0 radical (unpaired) electrons. The molecule has 32 heavy (non-hydrogen) atoms. The molecule has 0 unspecified atom stereocenters. The van der Waals surface area contributed by atoms with E-state index in [-0.39, 0.29) is 35.9 Å². The number of benzene rings is 1. The van der Waals surface area contributed by atoms with Gasteiger partial charge in [0.25, 0.3) is 0 Å². The molecule has 1 aliphatic carbocycles. The number of esters is 1. The summed E-state index contributed by atoms with van der Waals surface area (Å²) < 4.78 is 22.2. The van der Waals surface area contributed by atoms with Gasteiger partial charge in [-0.25, -0.2) is 4.79 Å². The highest BCUT2D eigenvalue weighted by Gasteiger charge is 2.43.